The summed E-state index contributed by atoms with van der Waals surface area (Å²) in [6.45, 7) is 1.57. The second-order valence-corrected chi connectivity index (χ2v) is 10.9. The molecule has 0 spiro atoms. The molecule has 0 aliphatic carbocycles. The summed E-state index contributed by atoms with van der Waals surface area (Å²) in [4.78, 5) is 9.65. The topological polar surface area (TPSA) is 95.4 Å². The number of fused-ring (bicyclic) bond motifs is 1. The van der Waals surface area contributed by atoms with E-state index in [-0.39, 0.29) is 47.1 Å². The zero-order valence-electron chi connectivity index (χ0n) is 18.5. The molecule has 1 aromatic heterocycles. The molecule has 1 aromatic carbocycles. The molecule has 3 heterocycles. The first-order valence-electron chi connectivity index (χ1n) is 10.6. The van der Waals surface area contributed by atoms with Crippen LogP contribution in [0.3, 0.4) is 0 Å². The Morgan fingerprint density at radius 3 is 2.50 bits per heavy atom. The molecule has 184 valence electrons. The van der Waals surface area contributed by atoms with Gasteiger partial charge in [-0.3, -0.25) is 0 Å². The van der Waals surface area contributed by atoms with E-state index in [2.05, 4.69) is 15.3 Å². The quantitative estimate of drug-likeness (QED) is 0.603. The Balaban J connectivity index is 1.71. The molecule has 1 fully saturated rings. The van der Waals surface area contributed by atoms with Gasteiger partial charge >= 0.3 is 0 Å². The maximum Gasteiger partial charge on any atom is 0.266 e. The highest BCUT2D eigenvalue weighted by atomic mass is 32.2. The number of rotatable bonds is 5. The minimum atomic E-state index is -3.34. The third-order valence-electron chi connectivity index (χ3n) is 6.39. The number of aliphatic hydroxyl groups excluding tert-OH is 1. The van der Waals surface area contributed by atoms with E-state index in [1.54, 1.807) is 6.92 Å². The van der Waals surface area contributed by atoms with Gasteiger partial charge in [-0.1, -0.05) is 18.2 Å². The Labute approximate surface area is 194 Å². The zero-order chi connectivity index (χ0) is 24.8. The molecule has 0 saturated carbocycles. The number of nitrogens with one attached hydrogen (secondary N) is 1. The Morgan fingerprint density at radius 2 is 1.85 bits per heavy atom. The number of sulfone groups is 1. The van der Waals surface area contributed by atoms with Gasteiger partial charge in [0.05, 0.1) is 28.7 Å². The van der Waals surface area contributed by atoms with Crippen molar-refractivity contribution in [1.82, 2.24) is 9.97 Å². The molecule has 2 aliphatic heterocycles. The number of alkyl halides is 3. The Kier molecular flexibility index (Phi) is 6.32. The second kappa shape index (κ2) is 8.81. The first-order chi connectivity index (χ1) is 15.9. The van der Waals surface area contributed by atoms with E-state index in [9.17, 15) is 26.7 Å². The molecule has 7 nitrogen and oxygen atoms in total. The first kappa shape index (κ1) is 24.4. The summed E-state index contributed by atoms with van der Waals surface area (Å²) in [5.41, 5.74) is -2.47. The van der Waals surface area contributed by atoms with Gasteiger partial charge in [0.1, 0.15) is 29.4 Å². The molecule has 0 bridgehead atoms. The van der Waals surface area contributed by atoms with Crippen molar-refractivity contribution in [3.05, 3.63) is 52.6 Å². The summed E-state index contributed by atoms with van der Waals surface area (Å²) < 4.78 is 80.3. The van der Waals surface area contributed by atoms with Crippen LogP contribution in [-0.4, -0.2) is 53.9 Å². The van der Waals surface area contributed by atoms with Gasteiger partial charge in [0.25, 0.3) is 6.43 Å². The van der Waals surface area contributed by atoms with E-state index < -0.39 is 45.6 Å². The molecule has 34 heavy (non-hydrogen) atoms. The van der Waals surface area contributed by atoms with Gasteiger partial charge in [0, 0.05) is 18.2 Å². The number of hydrogen-bond acceptors (Lipinski definition) is 7. The van der Waals surface area contributed by atoms with Crippen LogP contribution in [0.4, 0.5) is 29.2 Å². The molecule has 1 saturated heterocycles. The monoisotopic (exact) mass is 500 g/mol. The molecule has 0 amide bonds. The number of aromatic nitrogens is 2. The number of nitrogens with zero attached hydrogens (tertiary/aromatic N) is 3. The third kappa shape index (κ3) is 4.36. The summed E-state index contributed by atoms with van der Waals surface area (Å²) in [6.07, 6.45) is -2.34. The van der Waals surface area contributed by atoms with Crippen LogP contribution in [0.15, 0.2) is 30.1 Å². The molecule has 4 rings (SSSR count). The fourth-order valence-electron chi connectivity index (χ4n) is 4.33. The normalized spacial score (nSPS) is 22.2. The molecular weight excluding hydrogens is 476 g/mol. The van der Waals surface area contributed by atoms with Crippen molar-refractivity contribution in [3.8, 4) is 0 Å². The van der Waals surface area contributed by atoms with Crippen LogP contribution in [0.2, 0.25) is 0 Å². The largest absolute Gasteiger partial charge is 0.369 e. The summed E-state index contributed by atoms with van der Waals surface area (Å²) in [7, 11) is -1.84. The summed E-state index contributed by atoms with van der Waals surface area (Å²) in [5.74, 6) is -1.25. The van der Waals surface area contributed by atoms with Crippen molar-refractivity contribution in [1.29, 1.82) is 0 Å². The maximum absolute atomic E-state index is 15.9. The smallest absolute Gasteiger partial charge is 0.266 e. The van der Waals surface area contributed by atoms with Gasteiger partial charge < -0.3 is 15.3 Å². The number of benzene rings is 1. The predicted octanol–water partition coefficient (Wildman–Crippen LogP) is 3.79. The number of anilines is 2. The van der Waals surface area contributed by atoms with Crippen molar-refractivity contribution in [2.45, 2.75) is 44.1 Å². The van der Waals surface area contributed by atoms with Crippen molar-refractivity contribution >= 4 is 27.5 Å². The molecule has 2 aromatic rings. The molecule has 2 aliphatic rings. The van der Waals surface area contributed by atoms with Crippen LogP contribution in [0, 0.1) is 5.82 Å². The Morgan fingerprint density at radius 1 is 1.21 bits per heavy atom. The highest BCUT2D eigenvalue weighted by molar-refractivity contribution is 7.91. The molecule has 2 N–H and O–H groups in total. The number of likely N-dealkylation sites (N-methyl/N-ethyl adjacent to an activating group) is 1. The fourth-order valence-corrected chi connectivity index (χ4v) is 5.81. The van der Waals surface area contributed by atoms with Crippen molar-refractivity contribution in [2.75, 3.05) is 28.8 Å². The lowest BCUT2D eigenvalue weighted by atomic mass is 9.85. The number of halogens is 4. The van der Waals surface area contributed by atoms with Crippen LogP contribution < -0.4 is 10.2 Å². The highest BCUT2D eigenvalue weighted by Crippen LogP contribution is 2.43. The summed E-state index contributed by atoms with van der Waals surface area (Å²) in [6, 6.07) is 2.94. The minimum absolute atomic E-state index is 0.00184. The SMILES string of the molecule is C[C@@H](Nc1ncnc2c1C=C(C1(F)CCS(=O)(=O)CC1)C(O)N2C)c1cccc(C(F)F)c1F. The van der Waals surface area contributed by atoms with E-state index in [1.807, 2.05) is 0 Å². The standard InChI is InChI=1S/C22H24F4N4O3S/c1-12(13-4-3-5-14(17(13)23)18(24)25)29-19-15-10-16(21(31)30(2)20(15)28-11-27-19)22(26)6-8-34(32,33)9-7-22/h3-5,10-12,18,21,31H,6-9H2,1-2H3,(H,27,28,29)/t12-,21?/m1/s1. The van der Waals surface area contributed by atoms with Crippen molar-refractivity contribution in [3.63, 3.8) is 0 Å². The van der Waals surface area contributed by atoms with Gasteiger partial charge in [-0.05, 0) is 25.8 Å². The molecule has 2 atom stereocenters. The van der Waals surface area contributed by atoms with E-state index >= 15 is 4.39 Å². The predicted molar refractivity (Wildman–Crippen MR) is 120 cm³/mol. The molecule has 0 radical (unpaired) electrons. The van der Waals surface area contributed by atoms with E-state index in [0.29, 0.717) is 5.56 Å². The van der Waals surface area contributed by atoms with Gasteiger partial charge in [0.15, 0.2) is 16.1 Å². The van der Waals surface area contributed by atoms with Crippen LogP contribution in [0.1, 0.15) is 48.9 Å². The number of hydrogen-bond donors (Lipinski definition) is 2. The molecular formula is C22H24F4N4O3S. The highest BCUT2D eigenvalue weighted by Gasteiger charge is 2.46. The Bertz CT molecular complexity index is 1220. The van der Waals surface area contributed by atoms with Gasteiger partial charge in [0.2, 0.25) is 0 Å². The number of aliphatic hydroxyl groups is 1. The average molecular weight is 501 g/mol. The summed E-state index contributed by atoms with van der Waals surface area (Å²) in [5, 5.41) is 13.7. The lowest BCUT2D eigenvalue weighted by molar-refractivity contribution is 0.124. The lowest BCUT2D eigenvalue weighted by Gasteiger charge is -2.40. The fraction of sp³-hybridized carbons (Fsp3) is 0.455. The van der Waals surface area contributed by atoms with Crippen LogP contribution in [0.25, 0.3) is 6.08 Å². The zero-order valence-corrected chi connectivity index (χ0v) is 19.3. The second-order valence-electron chi connectivity index (χ2n) is 8.58. The first-order valence-corrected chi connectivity index (χ1v) is 12.5. The maximum atomic E-state index is 15.9. The van der Waals surface area contributed by atoms with Crippen molar-refractivity contribution < 1.29 is 31.1 Å². The van der Waals surface area contributed by atoms with Gasteiger partial charge in [-0.2, -0.15) is 0 Å². The molecule has 1 unspecified atom stereocenters. The van der Waals surface area contributed by atoms with Crippen molar-refractivity contribution in [2.24, 2.45) is 0 Å². The Hall–Kier alpha value is -2.73. The lowest BCUT2D eigenvalue weighted by Crippen LogP contribution is -2.47. The van der Waals surface area contributed by atoms with E-state index in [1.165, 1.54) is 36.5 Å². The van der Waals surface area contributed by atoms with Crippen LogP contribution in [-0.2, 0) is 9.84 Å². The van der Waals surface area contributed by atoms with Crippen LogP contribution >= 0.6 is 0 Å². The van der Waals surface area contributed by atoms with Crippen LogP contribution in [0.5, 0.6) is 0 Å². The minimum Gasteiger partial charge on any atom is -0.369 e. The van der Waals surface area contributed by atoms with E-state index in [0.717, 1.165) is 6.07 Å². The average Bonchev–Trinajstić information content (AvgIpc) is 2.78. The summed E-state index contributed by atoms with van der Waals surface area (Å²) >= 11 is 0. The third-order valence-corrected chi connectivity index (χ3v) is 8.04. The van der Waals surface area contributed by atoms with E-state index in [4.69, 9.17) is 0 Å². The molecule has 12 heteroatoms. The van der Waals surface area contributed by atoms with Gasteiger partial charge in [-0.15, -0.1) is 0 Å². The van der Waals surface area contributed by atoms with Gasteiger partial charge in [-0.25, -0.2) is 35.9 Å².